The van der Waals surface area contributed by atoms with Gasteiger partial charge in [-0.1, -0.05) is 0 Å². The van der Waals surface area contributed by atoms with Crippen LogP contribution in [0.2, 0.25) is 0 Å². The average Bonchev–Trinajstić information content (AvgIpc) is 3.27. The lowest BCUT2D eigenvalue weighted by molar-refractivity contribution is -0.133. The number of benzene rings is 1. The van der Waals surface area contributed by atoms with Crippen molar-refractivity contribution in [3.63, 3.8) is 0 Å². The molecule has 3 N–H and O–H groups in total. The second-order valence-corrected chi connectivity index (χ2v) is 6.88. The molecule has 3 amide bonds. The summed E-state index contributed by atoms with van der Waals surface area (Å²) in [5, 5.41) is 16.0. The number of aromatic nitrogens is 3. The molecule has 0 bridgehead atoms. The summed E-state index contributed by atoms with van der Waals surface area (Å²) in [4.78, 5) is 37.8. The van der Waals surface area contributed by atoms with Crippen molar-refractivity contribution < 1.29 is 23.5 Å². The first-order valence-corrected chi connectivity index (χ1v) is 9.48. The molecule has 1 aromatic heterocycles. The fourth-order valence-corrected chi connectivity index (χ4v) is 3.54. The van der Waals surface area contributed by atoms with Crippen molar-refractivity contribution in [2.75, 3.05) is 26.8 Å². The minimum atomic E-state index is -1.32. The molecule has 0 spiro atoms. The molecular formula is C19H23FN6O4. The lowest BCUT2D eigenvalue weighted by Gasteiger charge is -2.40. The maximum atomic E-state index is 13.1. The van der Waals surface area contributed by atoms with Crippen molar-refractivity contribution in [1.29, 1.82) is 0 Å². The predicted molar refractivity (Wildman–Crippen MR) is 103 cm³/mol. The molecule has 2 aromatic rings. The van der Waals surface area contributed by atoms with Gasteiger partial charge in [-0.25, -0.2) is 4.39 Å². The summed E-state index contributed by atoms with van der Waals surface area (Å²) >= 11 is 0. The van der Waals surface area contributed by atoms with Gasteiger partial charge in [0.05, 0.1) is 18.4 Å². The number of hydrogen-bond acceptors (Lipinski definition) is 6. The summed E-state index contributed by atoms with van der Waals surface area (Å²) in [6.45, 7) is 0.798. The minimum Gasteiger partial charge on any atom is -0.381 e. The van der Waals surface area contributed by atoms with E-state index in [0.29, 0.717) is 38.2 Å². The third-order valence-corrected chi connectivity index (χ3v) is 5.18. The van der Waals surface area contributed by atoms with Crippen LogP contribution < -0.4 is 16.0 Å². The van der Waals surface area contributed by atoms with Gasteiger partial charge in [0.1, 0.15) is 11.4 Å². The van der Waals surface area contributed by atoms with Crippen molar-refractivity contribution in [2.45, 2.75) is 18.4 Å². The number of carbonyl (C=O) groups is 3. The number of rotatable bonds is 8. The first-order valence-electron chi connectivity index (χ1n) is 9.48. The normalized spacial score (nSPS) is 16.3. The number of nitrogens with zero attached hydrogens (tertiary/aromatic N) is 3. The maximum Gasteiger partial charge on any atom is 0.273 e. The first kappa shape index (κ1) is 21.4. The van der Waals surface area contributed by atoms with Crippen molar-refractivity contribution in [1.82, 2.24) is 30.9 Å². The summed E-state index contributed by atoms with van der Waals surface area (Å²) in [6.07, 6.45) is 2.85. The van der Waals surface area contributed by atoms with Crippen molar-refractivity contribution in [3.8, 4) is 5.69 Å². The van der Waals surface area contributed by atoms with Crippen LogP contribution in [0.3, 0.4) is 0 Å². The third kappa shape index (κ3) is 4.46. The van der Waals surface area contributed by atoms with E-state index in [1.165, 1.54) is 42.3 Å². The molecule has 2 heterocycles. The van der Waals surface area contributed by atoms with Crippen molar-refractivity contribution in [3.05, 3.63) is 42.0 Å². The van der Waals surface area contributed by atoms with Crippen LogP contribution in [-0.2, 0) is 14.3 Å². The summed E-state index contributed by atoms with van der Waals surface area (Å²) in [5.74, 6) is -1.58. The van der Waals surface area contributed by atoms with Crippen LogP contribution in [0.5, 0.6) is 0 Å². The molecule has 10 nitrogen and oxygen atoms in total. The third-order valence-electron chi connectivity index (χ3n) is 5.18. The highest BCUT2D eigenvalue weighted by Gasteiger charge is 2.46. The molecule has 11 heteroatoms. The molecule has 0 radical (unpaired) electrons. The van der Waals surface area contributed by atoms with Crippen LogP contribution in [0.4, 0.5) is 4.39 Å². The zero-order valence-electron chi connectivity index (χ0n) is 16.4. The van der Waals surface area contributed by atoms with E-state index in [2.05, 4.69) is 26.1 Å². The Hall–Kier alpha value is -3.34. The average molecular weight is 418 g/mol. The summed E-state index contributed by atoms with van der Waals surface area (Å²) in [6, 6.07) is 5.48. The topological polar surface area (TPSA) is 127 Å². The van der Waals surface area contributed by atoms with E-state index in [9.17, 15) is 18.8 Å². The smallest absolute Gasteiger partial charge is 0.273 e. The Morgan fingerprint density at radius 1 is 1.30 bits per heavy atom. The van der Waals surface area contributed by atoms with Gasteiger partial charge in [-0.15, -0.1) is 5.10 Å². The van der Waals surface area contributed by atoms with Gasteiger partial charge in [0.15, 0.2) is 5.69 Å². The number of halogens is 1. The zero-order chi connectivity index (χ0) is 21.6. The number of carbonyl (C=O) groups excluding carboxylic acids is 3. The van der Waals surface area contributed by atoms with Crippen LogP contribution in [0.1, 0.15) is 23.3 Å². The minimum absolute atomic E-state index is 0.0169. The van der Waals surface area contributed by atoms with E-state index >= 15 is 0 Å². The van der Waals surface area contributed by atoms with Gasteiger partial charge in [0.2, 0.25) is 12.3 Å². The molecule has 1 aliphatic heterocycles. The monoisotopic (exact) mass is 418 g/mol. The van der Waals surface area contributed by atoms with Gasteiger partial charge < -0.3 is 20.7 Å². The Bertz CT molecular complexity index is 897. The molecule has 1 atom stereocenters. The second-order valence-electron chi connectivity index (χ2n) is 6.88. The number of amides is 3. The van der Waals surface area contributed by atoms with Gasteiger partial charge in [-0.2, -0.15) is 9.90 Å². The van der Waals surface area contributed by atoms with Crippen LogP contribution in [-0.4, -0.2) is 65.6 Å². The molecule has 1 saturated heterocycles. The summed E-state index contributed by atoms with van der Waals surface area (Å²) in [7, 11) is 1.47. The van der Waals surface area contributed by atoms with Gasteiger partial charge in [0, 0.05) is 20.3 Å². The van der Waals surface area contributed by atoms with Crippen LogP contribution >= 0.6 is 0 Å². The van der Waals surface area contributed by atoms with Gasteiger partial charge in [0.25, 0.3) is 5.91 Å². The van der Waals surface area contributed by atoms with Gasteiger partial charge >= 0.3 is 0 Å². The molecule has 1 unspecified atom stereocenters. The number of nitrogens with one attached hydrogen (secondary N) is 3. The van der Waals surface area contributed by atoms with Crippen molar-refractivity contribution in [2.24, 2.45) is 5.92 Å². The van der Waals surface area contributed by atoms with Gasteiger partial charge in [-0.3, -0.25) is 14.4 Å². The van der Waals surface area contributed by atoms with E-state index in [0.717, 1.165) is 0 Å². The highest BCUT2D eigenvalue weighted by molar-refractivity contribution is 5.94. The lowest BCUT2D eigenvalue weighted by Crippen LogP contribution is -2.66. The summed E-state index contributed by atoms with van der Waals surface area (Å²) in [5.41, 5.74) is -0.814. The Morgan fingerprint density at radius 3 is 2.63 bits per heavy atom. The van der Waals surface area contributed by atoms with Crippen LogP contribution in [0, 0.1) is 11.7 Å². The first-order chi connectivity index (χ1) is 14.5. The Morgan fingerprint density at radius 2 is 2.00 bits per heavy atom. The Kier molecular flexibility index (Phi) is 6.72. The molecule has 0 saturated carbocycles. The predicted octanol–water partition coefficient (Wildman–Crippen LogP) is -0.206. The van der Waals surface area contributed by atoms with Crippen LogP contribution in [0.25, 0.3) is 5.69 Å². The molecule has 3 rings (SSSR count). The molecule has 30 heavy (non-hydrogen) atoms. The molecule has 1 aliphatic rings. The number of ether oxygens (including phenoxy) is 1. The quantitative estimate of drug-likeness (QED) is 0.509. The molecule has 1 fully saturated rings. The van der Waals surface area contributed by atoms with E-state index in [-0.39, 0.29) is 18.2 Å². The Balaban J connectivity index is 1.76. The SMILES string of the molecule is CNC(=O)C(CNC(=O)c1cnn(-c2ccc(F)cc2)n1)(NC=O)C1CCOCC1. The highest BCUT2D eigenvalue weighted by Crippen LogP contribution is 2.27. The lowest BCUT2D eigenvalue weighted by atomic mass is 9.78. The molecule has 1 aromatic carbocycles. The second kappa shape index (κ2) is 9.44. The fourth-order valence-electron chi connectivity index (χ4n) is 3.54. The maximum absolute atomic E-state index is 13.1. The van der Waals surface area contributed by atoms with Crippen molar-refractivity contribution >= 4 is 18.2 Å². The van der Waals surface area contributed by atoms with Gasteiger partial charge in [-0.05, 0) is 43.0 Å². The van der Waals surface area contributed by atoms with E-state index < -0.39 is 23.2 Å². The zero-order valence-corrected chi connectivity index (χ0v) is 16.4. The molecule has 0 aliphatic carbocycles. The standard InChI is InChI=1S/C19H23FN6O4/c1-21-18(29)19(23-12-27,13-6-8-30-9-7-13)11-22-17(28)16-10-24-26(25-16)15-4-2-14(20)3-5-15/h2-5,10,12-13H,6-9,11H2,1H3,(H,21,29)(H,22,28)(H,23,27). The number of hydrogen-bond donors (Lipinski definition) is 3. The highest BCUT2D eigenvalue weighted by atomic mass is 19.1. The van der Waals surface area contributed by atoms with E-state index in [4.69, 9.17) is 4.74 Å². The largest absolute Gasteiger partial charge is 0.381 e. The summed E-state index contributed by atoms with van der Waals surface area (Å²) < 4.78 is 18.4. The number of likely N-dealkylation sites (N-methyl/N-ethyl adjacent to an activating group) is 1. The van der Waals surface area contributed by atoms with E-state index in [1.54, 1.807) is 0 Å². The fraction of sp³-hybridized carbons (Fsp3) is 0.421. The van der Waals surface area contributed by atoms with E-state index in [1.807, 2.05) is 0 Å². The Labute approximate surface area is 172 Å². The molecular weight excluding hydrogens is 395 g/mol. The van der Waals surface area contributed by atoms with Crippen LogP contribution in [0.15, 0.2) is 30.5 Å². The molecule has 160 valence electrons.